The standard InChI is InChI=1S/C14H9F3N2S/c15-14(16,17)10-4-1-3-9(7-10)12-8-20-13(19-12)11-5-2-6-18-11/h1-8,18H. The van der Waals surface area contributed by atoms with Gasteiger partial charge >= 0.3 is 6.18 Å². The molecule has 2 aromatic heterocycles. The SMILES string of the molecule is FC(F)(F)c1cccc(-c2csc(-c3ccc[nH]3)n2)c1. The van der Waals surface area contributed by atoms with Crippen molar-refractivity contribution in [3.63, 3.8) is 0 Å². The van der Waals surface area contributed by atoms with Gasteiger partial charge in [-0.3, -0.25) is 0 Å². The lowest BCUT2D eigenvalue weighted by Crippen LogP contribution is -2.04. The number of nitrogens with zero attached hydrogens (tertiary/aromatic N) is 1. The summed E-state index contributed by atoms with van der Waals surface area (Å²) in [7, 11) is 0. The molecule has 0 aliphatic carbocycles. The molecule has 6 heteroatoms. The van der Waals surface area contributed by atoms with Crippen LogP contribution in [0.25, 0.3) is 22.0 Å². The molecular weight excluding hydrogens is 285 g/mol. The Morgan fingerprint density at radius 2 is 1.95 bits per heavy atom. The van der Waals surface area contributed by atoms with Crippen LogP contribution < -0.4 is 0 Å². The molecule has 1 N–H and O–H groups in total. The van der Waals surface area contributed by atoms with Crippen molar-refractivity contribution in [1.29, 1.82) is 0 Å². The molecule has 3 rings (SSSR count). The molecule has 20 heavy (non-hydrogen) atoms. The zero-order valence-corrected chi connectivity index (χ0v) is 10.9. The second-order valence-electron chi connectivity index (χ2n) is 4.20. The van der Waals surface area contributed by atoms with Crippen molar-refractivity contribution < 1.29 is 13.2 Å². The van der Waals surface area contributed by atoms with E-state index in [1.54, 1.807) is 17.6 Å². The fourth-order valence-corrected chi connectivity index (χ4v) is 2.67. The fourth-order valence-electron chi connectivity index (χ4n) is 1.85. The van der Waals surface area contributed by atoms with Crippen LogP contribution in [0.5, 0.6) is 0 Å². The van der Waals surface area contributed by atoms with E-state index in [9.17, 15) is 13.2 Å². The lowest BCUT2D eigenvalue weighted by atomic mass is 10.1. The fraction of sp³-hybridized carbons (Fsp3) is 0.0714. The Bertz CT molecular complexity index is 714. The number of halogens is 3. The van der Waals surface area contributed by atoms with Gasteiger partial charge in [0, 0.05) is 17.1 Å². The highest BCUT2D eigenvalue weighted by Gasteiger charge is 2.30. The average molecular weight is 294 g/mol. The number of rotatable bonds is 2. The summed E-state index contributed by atoms with van der Waals surface area (Å²) < 4.78 is 38.1. The minimum atomic E-state index is -4.34. The highest BCUT2D eigenvalue weighted by molar-refractivity contribution is 7.13. The van der Waals surface area contributed by atoms with Gasteiger partial charge in [0.1, 0.15) is 5.01 Å². The Kier molecular flexibility index (Phi) is 3.10. The minimum Gasteiger partial charge on any atom is -0.359 e. The summed E-state index contributed by atoms with van der Waals surface area (Å²) in [5, 5.41) is 2.51. The van der Waals surface area contributed by atoms with Gasteiger partial charge in [-0.05, 0) is 24.3 Å². The summed E-state index contributed by atoms with van der Waals surface area (Å²) in [6.07, 6.45) is -2.56. The Hall–Kier alpha value is -2.08. The Labute approximate surface area is 116 Å². The molecule has 1 aromatic carbocycles. The highest BCUT2D eigenvalue weighted by Crippen LogP contribution is 2.33. The molecule has 0 amide bonds. The third-order valence-corrected chi connectivity index (χ3v) is 3.69. The number of nitrogens with one attached hydrogen (secondary N) is 1. The van der Waals surface area contributed by atoms with Crippen LogP contribution in [0.15, 0.2) is 48.0 Å². The Morgan fingerprint density at radius 1 is 1.10 bits per heavy atom. The molecule has 0 saturated carbocycles. The van der Waals surface area contributed by atoms with Crippen LogP contribution in [0.1, 0.15) is 5.56 Å². The highest BCUT2D eigenvalue weighted by atomic mass is 32.1. The third-order valence-electron chi connectivity index (χ3n) is 2.82. The van der Waals surface area contributed by atoms with Crippen molar-refractivity contribution in [2.24, 2.45) is 0 Å². The van der Waals surface area contributed by atoms with Gasteiger partial charge in [-0.15, -0.1) is 11.3 Å². The maximum atomic E-state index is 12.7. The first kappa shape index (κ1) is 12.9. The van der Waals surface area contributed by atoms with Gasteiger partial charge in [-0.1, -0.05) is 12.1 Å². The first-order valence-electron chi connectivity index (χ1n) is 5.81. The number of aromatic nitrogens is 2. The number of benzene rings is 1. The maximum absolute atomic E-state index is 12.7. The van der Waals surface area contributed by atoms with Crippen LogP contribution in [0.3, 0.4) is 0 Å². The van der Waals surface area contributed by atoms with Crippen LogP contribution in [-0.2, 0) is 6.18 Å². The molecule has 0 saturated heterocycles. The number of hydrogen-bond acceptors (Lipinski definition) is 2. The third kappa shape index (κ3) is 2.46. The molecule has 102 valence electrons. The molecule has 0 unspecified atom stereocenters. The summed E-state index contributed by atoms with van der Waals surface area (Å²) in [6, 6.07) is 8.92. The number of alkyl halides is 3. The van der Waals surface area contributed by atoms with Crippen molar-refractivity contribution in [3.05, 3.63) is 53.5 Å². The van der Waals surface area contributed by atoms with E-state index in [-0.39, 0.29) is 0 Å². The van der Waals surface area contributed by atoms with E-state index in [0.717, 1.165) is 22.8 Å². The zero-order chi connectivity index (χ0) is 14.2. The number of hydrogen-bond donors (Lipinski definition) is 1. The summed E-state index contributed by atoms with van der Waals surface area (Å²) in [6.45, 7) is 0. The lowest BCUT2D eigenvalue weighted by molar-refractivity contribution is -0.137. The molecule has 0 aliphatic heterocycles. The zero-order valence-electron chi connectivity index (χ0n) is 10.1. The summed E-state index contributed by atoms with van der Waals surface area (Å²) >= 11 is 1.39. The second-order valence-corrected chi connectivity index (χ2v) is 5.06. The molecule has 2 nitrogen and oxygen atoms in total. The van der Waals surface area contributed by atoms with Crippen LogP contribution in [0.4, 0.5) is 13.2 Å². The van der Waals surface area contributed by atoms with Gasteiger partial charge < -0.3 is 4.98 Å². The maximum Gasteiger partial charge on any atom is 0.416 e. The van der Waals surface area contributed by atoms with Crippen molar-refractivity contribution in [3.8, 4) is 22.0 Å². The molecule has 0 spiro atoms. The predicted octanol–water partition coefficient (Wildman–Crippen LogP) is 4.82. The number of aromatic amines is 1. The Balaban J connectivity index is 1.98. The van der Waals surface area contributed by atoms with Crippen molar-refractivity contribution >= 4 is 11.3 Å². The molecule has 0 fully saturated rings. The van der Waals surface area contributed by atoms with Crippen LogP contribution in [0.2, 0.25) is 0 Å². The van der Waals surface area contributed by atoms with E-state index in [1.165, 1.54) is 17.4 Å². The summed E-state index contributed by atoms with van der Waals surface area (Å²) in [5.74, 6) is 0. The lowest BCUT2D eigenvalue weighted by Gasteiger charge is -2.07. The van der Waals surface area contributed by atoms with Crippen molar-refractivity contribution in [1.82, 2.24) is 9.97 Å². The predicted molar refractivity (Wildman–Crippen MR) is 72.3 cm³/mol. The molecule has 3 aromatic rings. The molecule has 0 bridgehead atoms. The van der Waals surface area contributed by atoms with Gasteiger partial charge in [0.2, 0.25) is 0 Å². The smallest absolute Gasteiger partial charge is 0.359 e. The molecule has 0 atom stereocenters. The van der Waals surface area contributed by atoms with Gasteiger partial charge in [0.15, 0.2) is 0 Å². The number of thiazole rings is 1. The quantitative estimate of drug-likeness (QED) is 0.721. The van der Waals surface area contributed by atoms with Crippen LogP contribution in [-0.4, -0.2) is 9.97 Å². The molecule has 0 radical (unpaired) electrons. The number of H-pyrrole nitrogens is 1. The average Bonchev–Trinajstić information content (AvgIpc) is 3.09. The van der Waals surface area contributed by atoms with E-state index < -0.39 is 11.7 Å². The van der Waals surface area contributed by atoms with Crippen LogP contribution in [0, 0.1) is 0 Å². The van der Waals surface area contributed by atoms with Crippen LogP contribution >= 0.6 is 11.3 Å². The summed E-state index contributed by atoms with van der Waals surface area (Å²) in [5.41, 5.74) is 1.21. The normalized spacial score (nSPS) is 11.8. The van der Waals surface area contributed by atoms with Gasteiger partial charge in [0.05, 0.1) is 17.0 Å². The van der Waals surface area contributed by atoms with E-state index in [2.05, 4.69) is 9.97 Å². The van der Waals surface area contributed by atoms with E-state index in [1.807, 2.05) is 12.1 Å². The van der Waals surface area contributed by atoms with E-state index in [0.29, 0.717) is 11.3 Å². The van der Waals surface area contributed by atoms with E-state index >= 15 is 0 Å². The first-order chi connectivity index (χ1) is 9.54. The van der Waals surface area contributed by atoms with Crippen molar-refractivity contribution in [2.45, 2.75) is 6.18 Å². The minimum absolute atomic E-state index is 0.467. The largest absolute Gasteiger partial charge is 0.416 e. The van der Waals surface area contributed by atoms with Gasteiger partial charge in [-0.2, -0.15) is 13.2 Å². The Morgan fingerprint density at radius 3 is 2.65 bits per heavy atom. The molecular formula is C14H9F3N2S. The molecule has 0 aliphatic rings. The van der Waals surface area contributed by atoms with E-state index in [4.69, 9.17) is 0 Å². The molecule has 2 heterocycles. The topological polar surface area (TPSA) is 28.7 Å². The monoisotopic (exact) mass is 294 g/mol. The van der Waals surface area contributed by atoms with Gasteiger partial charge in [0.25, 0.3) is 0 Å². The summed E-state index contributed by atoms with van der Waals surface area (Å²) in [4.78, 5) is 7.39. The van der Waals surface area contributed by atoms with Crippen molar-refractivity contribution in [2.75, 3.05) is 0 Å². The second kappa shape index (κ2) is 4.79. The first-order valence-corrected chi connectivity index (χ1v) is 6.69. The van der Waals surface area contributed by atoms with Gasteiger partial charge in [-0.25, -0.2) is 4.98 Å².